The topological polar surface area (TPSA) is 116 Å². The second-order valence-corrected chi connectivity index (χ2v) is 9.95. The van der Waals surface area contributed by atoms with Crippen LogP contribution in [0.1, 0.15) is 45.2 Å². The number of rotatable bonds is 12. The average Bonchev–Trinajstić information content (AvgIpc) is 2.88. The lowest BCUT2D eigenvalue weighted by molar-refractivity contribution is -0.140. The zero-order valence-corrected chi connectivity index (χ0v) is 22.7. The maximum absolute atomic E-state index is 13.2. The van der Waals surface area contributed by atoms with Crippen molar-refractivity contribution < 1.29 is 19.2 Å². The van der Waals surface area contributed by atoms with Gasteiger partial charge in [0.2, 0.25) is 11.7 Å². The Hall–Kier alpha value is -3.20. The van der Waals surface area contributed by atoms with E-state index in [4.69, 9.17) is 0 Å². The highest BCUT2D eigenvalue weighted by atomic mass is 79.9. The van der Waals surface area contributed by atoms with E-state index in [2.05, 4.69) is 37.2 Å². The van der Waals surface area contributed by atoms with Crippen LogP contribution in [0, 0.1) is 11.8 Å². The van der Waals surface area contributed by atoms with Crippen molar-refractivity contribution in [3.63, 3.8) is 0 Å². The Morgan fingerprint density at radius 1 is 0.806 bits per heavy atom. The third-order valence-corrected chi connectivity index (χ3v) is 6.60. The minimum atomic E-state index is -1.00. The molecule has 3 atom stereocenters. The predicted molar refractivity (Wildman–Crippen MR) is 143 cm³/mol. The van der Waals surface area contributed by atoms with Crippen LogP contribution in [0.25, 0.3) is 0 Å². The Morgan fingerprint density at radius 3 is 1.97 bits per heavy atom. The molecule has 0 heterocycles. The number of Topliss-reactive ketones (excluding diaryl/α,β-unsaturated/α-hetero) is 1. The van der Waals surface area contributed by atoms with Crippen LogP contribution in [0.15, 0.2) is 59.1 Å². The molecule has 4 amide bonds. The van der Waals surface area contributed by atoms with Crippen LogP contribution in [0.2, 0.25) is 0 Å². The van der Waals surface area contributed by atoms with Gasteiger partial charge in [-0.3, -0.25) is 14.4 Å². The minimum absolute atomic E-state index is 0.0835. The zero-order valence-electron chi connectivity index (χ0n) is 21.1. The van der Waals surface area contributed by atoms with Crippen molar-refractivity contribution >= 4 is 39.6 Å². The van der Waals surface area contributed by atoms with Gasteiger partial charge in [-0.15, -0.1) is 0 Å². The van der Waals surface area contributed by atoms with Gasteiger partial charge in [-0.1, -0.05) is 86.1 Å². The van der Waals surface area contributed by atoms with Gasteiger partial charge in [-0.2, -0.15) is 0 Å². The van der Waals surface area contributed by atoms with Gasteiger partial charge >= 0.3 is 6.03 Å². The molecule has 0 aliphatic carbocycles. The first-order valence-corrected chi connectivity index (χ1v) is 12.9. The monoisotopic (exact) mass is 558 g/mol. The summed E-state index contributed by atoms with van der Waals surface area (Å²) in [6, 6.07) is 14.4. The summed E-state index contributed by atoms with van der Waals surface area (Å²) >= 11 is 3.35. The molecule has 194 valence electrons. The van der Waals surface area contributed by atoms with Crippen LogP contribution < -0.4 is 21.3 Å². The summed E-state index contributed by atoms with van der Waals surface area (Å²) in [6.07, 6.45) is 0.235. The second kappa shape index (κ2) is 14.4. The van der Waals surface area contributed by atoms with Crippen molar-refractivity contribution in [1.82, 2.24) is 21.3 Å². The summed E-state index contributed by atoms with van der Waals surface area (Å²) in [4.78, 5) is 51.0. The van der Waals surface area contributed by atoms with E-state index < -0.39 is 35.7 Å². The van der Waals surface area contributed by atoms with E-state index in [1.54, 1.807) is 6.92 Å². The van der Waals surface area contributed by atoms with E-state index in [0.29, 0.717) is 6.54 Å². The van der Waals surface area contributed by atoms with Crippen molar-refractivity contribution in [1.29, 1.82) is 0 Å². The Balaban J connectivity index is 1.99. The first kappa shape index (κ1) is 29.0. The summed E-state index contributed by atoms with van der Waals surface area (Å²) in [5.41, 5.74) is 1.77. The number of amides is 4. The van der Waals surface area contributed by atoms with E-state index >= 15 is 0 Å². The molecule has 0 aliphatic heterocycles. The summed E-state index contributed by atoms with van der Waals surface area (Å²) in [6.45, 7) is 7.98. The molecule has 2 aromatic rings. The van der Waals surface area contributed by atoms with Crippen molar-refractivity contribution in [3.05, 3.63) is 70.2 Å². The van der Waals surface area contributed by atoms with Crippen LogP contribution in [0.3, 0.4) is 0 Å². The van der Waals surface area contributed by atoms with E-state index in [9.17, 15) is 19.2 Å². The normalized spacial score (nSPS) is 13.3. The number of benzene rings is 2. The molecule has 9 heteroatoms. The summed E-state index contributed by atoms with van der Waals surface area (Å²) in [5, 5.41) is 10.8. The molecule has 0 spiro atoms. The maximum Gasteiger partial charge on any atom is 0.315 e. The maximum atomic E-state index is 13.2. The smallest absolute Gasteiger partial charge is 0.315 e. The summed E-state index contributed by atoms with van der Waals surface area (Å²) < 4.78 is 0.912. The standard InChI is InChI=1S/C27H35BrN4O4/c1-5-22(24(33)26(35)29-15-20-11-13-21(28)14-12-20)31-25(34)23(18(4)17(2)3)32-27(36)30-16-19-9-7-6-8-10-19/h6-14,17-18,22-23H,5,15-16H2,1-4H3,(H,29,35)(H,31,34)(H2,30,32,36)/t18?,22?,23-/m0/s1. The van der Waals surface area contributed by atoms with Crippen molar-refractivity contribution in [2.75, 3.05) is 0 Å². The molecule has 0 radical (unpaired) electrons. The number of ketones is 1. The molecule has 36 heavy (non-hydrogen) atoms. The molecule has 0 bridgehead atoms. The fraction of sp³-hybridized carbons (Fsp3) is 0.407. The van der Waals surface area contributed by atoms with Gasteiger partial charge in [0.15, 0.2) is 0 Å². The van der Waals surface area contributed by atoms with E-state index in [1.807, 2.05) is 75.4 Å². The number of carbonyl (C=O) groups is 4. The largest absolute Gasteiger partial charge is 0.345 e. The van der Waals surface area contributed by atoms with Gasteiger partial charge in [0.1, 0.15) is 6.04 Å². The molecular weight excluding hydrogens is 524 g/mol. The third-order valence-electron chi connectivity index (χ3n) is 6.07. The van der Waals surface area contributed by atoms with Gasteiger partial charge in [0.05, 0.1) is 6.04 Å². The fourth-order valence-corrected chi connectivity index (χ4v) is 3.70. The molecule has 4 N–H and O–H groups in total. The quantitative estimate of drug-likeness (QED) is 0.297. The second-order valence-electron chi connectivity index (χ2n) is 9.04. The molecule has 8 nitrogen and oxygen atoms in total. The molecule has 0 aliphatic rings. The summed E-state index contributed by atoms with van der Waals surface area (Å²) in [5.74, 6) is -2.14. The number of hydrogen-bond acceptors (Lipinski definition) is 4. The SMILES string of the molecule is CCC(NC(=O)[C@@H](NC(=O)NCc1ccccc1)C(C)C(C)C)C(=O)C(=O)NCc1ccc(Br)cc1. The zero-order chi connectivity index (χ0) is 26.7. The number of nitrogens with one attached hydrogen (secondary N) is 4. The highest BCUT2D eigenvalue weighted by molar-refractivity contribution is 9.10. The molecule has 0 saturated heterocycles. The highest BCUT2D eigenvalue weighted by Gasteiger charge is 2.33. The Morgan fingerprint density at radius 2 is 1.39 bits per heavy atom. The minimum Gasteiger partial charge on any atom is -0.345 e. The molecule has 0 saturated carbocycles. The lowest BCUT2D eigenvalue weighted by atomic mass is 9.89. The number of halogens is 1. The lowest BCUT2D eigenvalue weighted by Crippen LogP contribution is -2.57. The van der Waals surface area contributed by atoms with E-state index in [0.717, 1.165) is 15.6 Å². The van der Waals surface area contributed by atoms with Crippen molar-refractivity contribution in [3.8, 4) is 0 Å². The summed E-state index contributed by atoms with van der Waals surface area (Å²) in [7, 11) is 0. The van der Waals surface area contributed by atoms with Gasteiger partial charge in [0, 0.05) is 17.6 Å². The molecule has 2 aromatic carbocycles. The van der Waals surface area contributed by atoms with Gasteiger partial charge < -0.3 is 21.3 Å². The first-order valence-electron chi connectivity index (χ1n) is 12.1. The first-order chi connectivity index (χ1) is 17.1. The highest BCUT2D eigenvalue weighted by Crippen LogP contribution is 2.16. The Bertz CT molecular complexity index is 1030. The Kier molecular flexibility index (Phi) is 11.6. The Labute approximate surface area is 221 Å². The van der Waals surface area contributed by atoms with E-state index in [-0.39, 0.29) is 24.8 Å². The van der Waals surface area contributed by atoms with Crippen LogP contribution in [0.4, 0.5) is 4.79 Å². The van der Waals surface area contributed by atoms with E-state index in [1.165, 1.54) is 0 Å². The number of carbonyl (C=O) groups excluding carboxylic acids is 4. The van der Waals surface area contributed by atoms with Crippen LogP contribution in [-0.4, -0.2) is 35.7 Å². The van der Waals surface area contributed by atoms with Gasteiger partial charge in [0.25, 0.3) is 5.91 Å². The number of hydrogen-bond donors (Lipinski definition) is 4. The van der Waals surface area contributed by atoms with Gasteiger partial charge in [-0.05, 0) is 41.5 Å². The van der Waals surface area contributed by atoms with Gasteiger partial charge in [-0.25, -0.2) is 4.79 Å². The van der Waals surface area contributed by atoms with Crippen LogP contribution in [0.5, 0.6) is 0 Å². The molecule has 0 aromatic heterocycles. The van der Waals surface area contributed by atoms with Crippen molar-refractivity contribution in [2.24, 2.45) is 11.8 Å². The van der Waals surface area contributed by atoms with Crippen molar-refractivity contribution in [2.45, 2.75) is 59.3 Å². The molecular formula is C27H35BrN4O4. The third kappa shape index (κ3) is 9.11. The fourth-order valence-electron chi connectivity index (χ4n) is 3.44. The van der Waals surface area contributed by atoms with Crippen LogP contribution in [-0.2, 0) is 27.5 Å². The lowest BCUT2D eigenvalue weighted by Gasteiger charge is -2.28. The molecule has 2 unspecified atom stereocenters. The molecule has 2 rings (SSSR count). The average molecular weight is 560 g/mol. The predicted octanol–water partition coefficient (Wildman–Crippen LogP) is 3.69. The number of urea groups is 1. The molecule has 0 fully saturated rings. The van der Waals surface area contributed by atoms with Crippen LogP contribution >= 0.6 is 15.9 Å².